The summed E-state index contributed by atoms with van der Waals surface area (Å²) in [5.74, 6) is 1.58. The number of carbonyl (C=O) groups is 2. The average molecular weight is 302 g/mol. The summed E-state index contributed by atoms with van der Waals surface area (Å²) in [6.07, 6.45) is 6.39. The number of hydrogen-bond donors (Lipinski definition) is 1. The Bertz CT molecular complexity index is 602. The fourth-order valence-corrected chi connectivity index (χ4v) is 4.44. The first kappa shape index (κ1) is 15.3. The van der Waals surface area contributed by atoms with E-state index in [4.69, 9.17) is 0 Å². The number of aromatic nitrogens is 1. The van der Waals surface area contributed by atoms with Crippen molar-refractivity contribution >= 4 is 11.7 Å². The lowest BCUT2D eigenvalue weighted by atomic mass is 9.75. The fraction of sp³-hybridized carbons (Fsp3) is 0.667. The zero-order valence-corrected chi connectivity index (χ0v) is 13.9. The highest BCUT2D eigenvalue weighted by molar-refractivity contribution is 6.02. The monoisotopic (exact) mass is 302 g/mol. The molecule has 0 spiro atoms. The summed E-state index contributed by atoms with van der Waals surface area (Å²) in [4.78, 5) is 29.8. The molecule has 22 heavy (non-hydrogen) atoms. The van der Waals surface area contributed by atoms with Crippen molar-refractivity contribution < 1.29 is 9.59 Å². The van der Waals surface area contributed by atoms with Crippen LogP contribution in [-0.2, 0) is 0 Å². The molecular weight excluding hydrogens is 276 g/mol. The van der Waals surface area contributed by atoms with Crippen LogP contribution in [0, 0.1) is 25.7 Å². The number of aromatic amines is 1. The van der Waals surface area contributed by atoms with Gasteiger partial charge in [-0.25, -0.2) is 0 Å². The Morgan fingerprint density at radius 3 is 2.41 bits per heavy atom. The van der Waals surface area contributed by atoms with Crippen LogP contribution in [-0.4, -0.2) is 34.7 Å². The average Bonchev–Trinajstić information content (AvgIpc) is 2.81. The van der Waals surface area contributed by atoms with Crippen molar-refractivity contribution in [1.82, 2.24) is 9.88 Å². The van der Waals surface area contributed by atoms with E-state index < -0.39 is 0 Å². The first-order valence-corrected chi connectivity index (χ1v) is 8.48. The van der Waals surface area contributed by atoms with Crippen molar-refractivity contribution in [2.45, 2.75) is 52.9 Å². The lowest BCUT2D eigenvalue weighted by Crippen LogP contribution is -2.45. The van der Waals surface area contributed by atoms with E-state index in [1.54, 1.807) is 6.92 Å². The summed E-state index contributed by atoms with van der Waals surface area (Å²) in [7, 11) is 0. The standard InChI is InChI=1S/C18H26N2O2/c1-11-16(13(3)21)12(2)19-17(11)18(22)20-9-8-14-6-4-5-7-15(14)10-20/h14-15,19H,4-10H2,1-3H3/t14-,15-/m0/s1. The van der Waals surface area contributed by atoms with Crippen molar-refractivity contribution in [2.75, 3.05) is 13.1 Å². The SMILES string of the molecule is CC(=O)c1c(C)[nH]c(C(=O)N2CC[C@@H]3CCCC[C@H]3C2)c1C. The molecule has 2 fully saturated rings. The quantitative estimate of drug-likeness (QED) is 0.850. The van der Waals surface area contributed by atoms with Crippen molar-refractivity contribution in [3.05, 3.63) is 22.5 Å². The van der Waals surface area contributed by atoms with Crippen LogP contribution in [0.25, 0.3) is 0 Å². The maximum absolute atomic E-state index is 12.9. The van der Waals surface area contributed by atoms with Gasteiger partial charge in [0.15, 0.2) is 5.78 Å². The Hall–Kier alpha value is -1.58. The van der Waals surface area contributed by atoms with E-state index in [1.807, 2.05) is 18.7 Å². The number of aryl methyl sites for hydroxylation is 1. The molecule has 1 saturated carbocycles. The van der Waals surface area contributed by atoms with Gasteiger partial charge in [0.2, 0.25) is 0 Å². The Morgan fingerprint density at radius 2 is 1.77 bits per heavy atom. The van der Waals surface area contributed by atoms with Crippen LogP contribution in [0.3, 0.4) is 0 Å². The number of carbonyl (C=O) groups excluding carboxylic acids is 2. The minimum absolute atomic E-state index is 0.0243. The Labute approximate surface area is 132 Å². The second-order valence-corrected chi connectivity index (χ2v) is 7.03. The summed E-state index contributed by atoms with van der Waals surface area (Å²) in [5.41, 5.74) is 2.90. The van der Waals surface area contributed by atoms with Gasteiger partial charge in [0, 0.05) is 24.3 Å². The van der Waals surface area contributed by atoms with Crippen LogP contribution < -0.4 is 0 Å². The van der Waals surface area contributed by atoms with Gasteiger partial charge in [0.25, 0.3) is 5.91 Å². The summed E-state index contributed by atoms with van der Waals surface area (Å²) in [5, 5.41) is 0. The maximum Gasteiger partial charge on any atom is 0.270 e. The number of hydrogen-bond acceptors (Lipinski definition) is 2. The summed E-state index contributed by atoms with van der Waals surface area (Å²) in [6, 6.07) is 0. The van der Waals surface area contributed by atoms with Crippen molar-refractivity contribution in [2.24, 2.45) is 11.8 Å². The normalized spacial score (nSPS) is 25.0. The molecule has 2 atom stereocenters. The van der Waals surface area contributed by atoms with Crippen molar-refractivity contribution in [1.29, 1.82) is 0 Å². The molecule has 4 heteroatoms. The van der Waals surface area contributed by atoms with E-state index in [1.165, 1.54) is 25.7 Å². The molecule has 120 valence electrons. The zero-order chi connectivity index (χ0) is 15.9. The Morgan fingerprint density at radius 1 is 1.09 bits per heavy atom. The molecule has 1 aromatic rings. The molecule has 3 rings (SSSR count). The lowest BCUT2D eigenvalue weighted by Gasteiger charge is -2.41. The number of Topliss-reactive ketones (excluding diaryl/α,β-unsaturated/α-hetero) is 1. The minimum atomic E-state index is 0.0243. The van der Waals surface area contributed by atoms with Gasteiger partial charge in [0.05, 0.1) is 0 Å². The number of piperidine rings is 1. The molecule has 0 bridgehead atoms. The fourth-order valence-electron chi connectivity index (χ4n) is 4.44. The largest absolute Gasteiger partial charge is 0.354 e. The third-order valence-corrected chi connectivity index (χ3v) is 5.58. The Balaban J connectivity index is 1.80. The summed E-state index contributed by atoms with van der Waals surface area (Å²) >= 11 is 0. The van der Waals surface area contributed by atoms with Gasteiger partial charge in [-0.15, -0.1) is 0 Å². The number of ketones is 1. The molecule has 1 aliphatic carbocycles. The van der Waals surface area contributed by atoms with E-state index >= 15 is 0 Å². The highest BCUT2D eigenvalue weighted by Crippen LogP contribution is 2.36. The van der Waals surface area contributed by atoms with E-state index in [9.17, 15) is 9.59 Å². The smallest absolute Gasteiger partial charge is 0.270 e. The Kier molecular flexibility index (Phi) is 4.11. The topological polar surface area (TPSA) is 53.2 Å². The second-order valence-electron chi connectivity index (χ2n) is 7.03. The zero-order valence-electron chi connectivity index (χ0n) is 13.9. The van der Waals surface area contributed by atoms with Crippen LogP contribution in [0.2, 0.25) is 0 Å². The van der Waals surface area contributed by atoms with Gasteiger partial charge in [-0.05, 0) is 51.0 Å². The molecule has 4 nitrogen and oxygen atoms in total. The first-order chi connectivity index (χ1) is 10.5. The summed E-state index contributed by atoms with van der Waals surface area (Å²) < 4.78 is 0. The number of fused-ring (bicyclic) bond motifs is 1. The van der Waals surface area contributed by atoms with Crippen LogP contribution in [0.15, 0.2) is 0 Å². The van der Waals surface area contributed by atoms with Crippen LogP contribution >= 0.6 is 0 Å². The number of amides is 1. The highest BCUT2D eigenvalue weighted by atomic mass is 16.2. The molecule has 0 unspecified atom stereocenters. The number of H-pyrrole nitrogens is 1. The third kappa shape index (κ3) is 2.59. The predicted octanol–water partition coefficient (Wildman–Crippen LogP) is 3.49. The molecule has 0 aromatic carbocycles. The van der Waals surface area contributed by atoms with E-state index in [-0.39, 0.29) is 11.7 Å². The third-order valence-electron chi connectivity index (χ3n) is 5.58. The number of rotatable bonds is 2. The molecule has 1 aliphatic heterocycles. The van der Waals surface area contributed by atoms with E-state index in [0.717, 1.165) is 36.7 Å². The van der Waals surface area contributed by atoms with Gasteiger partial charge < -0.3 is 9.88 Å². The predicted molar refractivity (Wildman–Crippen MR) is 86.2 cm³/mol. The van der Waals surface area contributed by atoms with Gasteiger partial charge in [0.1, 0.15) is 5.69 Å². The summed E-state index contributed by atoms with van der Waals surface area (Å²) in [6.45, 7) is 7.04. The molecule has 1 N–H and O–H groups in total. The van der Waals surface area contributed by atoms with Crippen LogP contribution in [0.1, 0.15) is 71.1 Å². The molecule has 2 aliphatic rings. The highest BCUT2D eigenvalue weighted by Gasteiger charge is 2.34. The van der Waals surface area contributed by atoms with Crippen LogP contribution in [0.4, 0.5) is 0 Å². The van der Waals surface area contributed by atoms with Crippen LogP contribution in [0.5, 0.6) is 0 Å². The van der Waals surface area contributed by atoms with E-state index in [0.29, 0.717) is 17.2 Å². The molecule has 1 aromatic heterocycles. The van der Waals surface area contributed by atoms with Gasteiger partial charge in [-0.3, -0.25) is 9.59 Å². The molecular formula is C18H26N2O2. The molecule has 1 amide bonds. The van der Waals surface area contributed by atoms with Gasteiger partial charge >= 0.3 is 0 Å². The number of likely N-dealkylation sites (tertiary alicyclic amines) is 1. The number of nitrogens with one attached hydrogen (secondary N) is 1. The maximum atomic E-state index is 12.9. The van der Waals surface area contributed by atoms with Crippen molar-refractivity contribution in [3.8, 4) is 0 Å². The van der Waals surface area contributed by atoms with Gasteiger partial charge in [-0.1, -0.05) is 19.3 Å². The lowest BCUT2D eigenvalue weighted by molar-refractivity contribution is 0.0515. The molecule has 0 radical (unpaired) electrons. The number of nitrogens with zero attached hydrogens (tertiary/aromatic N) is 1. The van der Waals surface area contributed by atoms with E-state index in [2.05, 4.69) is 4.98 Å². The van der Waals surface area contributed by atoms with Gasteiger partial charge in [-0.2, -0.15) is 0 Å². The molecule has 2 heterocycles. The minimum Gasteiger partial charge on any atom is -0.354 e. The molecule has 1 saturated heterocycles. The van der Waals surface area contributed by atoms with Crippen molar-refractivity contribution in [3.63, 3.8) is 0 Å². The first-order valence-electron chi connectivity index (χ1n) is 8.48. The second kappa shape index (κ2) is 5.90.